The second-order valence-electron chi connectivity index (χ2n) is 7.50. The third-order valence-electron chi connectivity index (χ3n) is 4.96. The molecule has 0 radical (unpaired) electrons. The molecule has 0 fully saturated rings. The van der Waals surface area contributed by atoms with E-state index in [1.807, 2.05) is 25.1 Å². The average Bonchev–Trinajstić information content (AvgIpc) is 2.83. The van der Waals surface area contributed by atoms with E-state index < -0.39 is 16.9 Å². The topological polar surface area (TPSA) is 148 Å². The number of amides is 2. The monoisotopic (exact) mass is 472 g/mol. The highest BCUT2D eigenvalue weighted by molar-refractivity contribution is 6.00. The van der Waals surface area contributed by atoms with E-state index >= 15 is 0 Å². The number of ether oxygens (including phenoxy) is 1. The van der Waals surface area contributed by atoms with E-state index in [-0.39, 0.29) is 17.5 Å². The molecule has 4 rings (SSSR count). The predicted molar refractivity (Wildman–Crippen MR) is 131 cm³/mol. The fraction of sp³-hybridized carbons (Fsp3) is 0.0833. The van der Waals surface area contributed by atoms with Gasteiger partial charge in [0.2, 0.25) is 5.95 Å². The minimum Gasteiger partial charge on any atom is -0.465 e. The van der Waals surface area contributed by atoms with Crippen molar-refractivity contribution in [1.82, 2.24) is 9.97 Å². The number of nitro groups is 1. The highest BCUT2D eigenvalue weighted by atomic mass is 16.6. The SMILES string of the molecule is COC(=O)c1ccc(Nc2nc(NC(=O)Nc3cccc(C)c3)nc3ccc([N+](=O)[O-])cc23)cc1. The van der Waals surface area contributed by atoms with Crippen LogP contribution in [0.3, 0.4) is 0 Å². The van der Waals surface area contributed by atoms with E-state index in [1.54, 1.807) is 30.3 Å². The number of anilines is 4. The van der Waals surface area contributed by atoms with Crippen molar-refractivity contribution in [2.24, 2.45) is 0 Å². The van der Waals surface area contributed by atoms with E-state index in [1.165, 1.54) is 25.3 Å². The quantitative estimate of drug-likeness (QED) is 0.201. The second kappa shape index (κ2) is 9.83. The van der Waals surface area contributed by atoms with Crippen LogP contribution in [0.4, 0.5) is 33.6 Å². The van der Waals surface area contributed by atoms with Crippen LogP contribution >= 0.6 is 0 Å². The van der Waals surface area contributed by atoms with Crippen LogP contribution in [0, 0.1) is 17.0 Å². The first-order valence-electron chi connectivity index (χ1n) is 10.4. The number of benzene rings is 3. The summed E-state index contributed by atoms with van der Waals surface area (Å²) in [6, 6.07) is 17.3. The number of methoxy groups -OCH3 is 1. The van der Waals surface area contributed by atoms with Crippen LogP contribution in [-0.4, -0.2) is 34.0 Å². The number of non-ortho nitro benzene ring substituents is 1. The number of esters is 1. The van der Waals surface area contributed by atoms with Gasteiger partial charge < -0.3 is 15.4 Å². The number of carbonyl (C=O) groups is 2. The molecule has 0 aliphatic carbocycles. The maximum absolute atomic E-state index is 12.5. The lowest BCUT2D eigenvalue weighted by atomic mass is 10.2. The summed E-state index contributed by atoms with van der Waals surface area (Å²) in [4.78, 5) is 43.7. The lowest BCUT2D eigenvalue weighted by Crippen LogP contribution is -2.21. The van der Waals surface area contributed by atoms with Crippen molar-refractivity contribution >= 4 is 51.7 Å². The summed E-state index contributed by atoms with van der Waals surface area (Å²) in [5, 5.41) is 20.0. The molecule has 0 aliphatic heterocycles. The van der Waals surface area contributed by atoms with Gasteiger partial charge in [0.1, 0.15) is 5.82 Å². The third-order valence-corrected chi connectivity index (χ3v) is 4.96. The molecule has 4 aromatic rings. The number of aromatic nitrogens is 2. The zero-order chi connectivity index (χ0) is 24.9. The Bertz CT molecular complexity index is 1440. The van der Waals surface area contributed by atoms with Crippen molar-refractivity contribution in [2.75, 3.05) is 23.1 Å². The molecule has 0 bridgehead atoms. The first-order chi connectivity index (χ1) is 16.8. The fourth-order valence-corrected chi connectivity index (χ4v) is 3.31. The number of nitrogens with one attached hydrogen (secondary N) is 3. The predicted octanol–water partition coefficient (Wildman–Crippen LogP) is 5.02. The molecular formula is C24H20N6O5. The second-order valence-corrected chi connectivity index (χ2v) is 7.50. The zero-order valence-corrected chi connectivity index (χ0v) is 18.7. The number of aryl methyl sites for hydroxylation is 1. The van der Waals surface area contributed by atoms with E-state index in [0.717, 1.165) is 5.56 Å². The number of hydrogen-bond acceptors (Lipinski definition) is 8. The molecule has 1 aromatic heterocycles. The maximum Gasteiger partial charge on any atom is 0.337 e. The summed E-state index contributed by atoms with van der Waals surface area (Å²) >= 11 is 0. The molecule has 0 atom stereocenters. The van der Waals surface area contributed by atoms with Crippen LogP contribution in [0.5, 0.6) is 0 Å². The summed E-state index contributed by atoms with van der Waals surface area (Å²) in [7, 11) is 1.29. The molecule has 3 N–H and O–H groups in total. The highest BCUT2D eigenvalue weighted by Crippen LogP contribution is 2.29. The molecule has 1 heterocycles. The molecule has 0 aliphatic rings. The standard InChI is InChI=1S/C24H20N6O5/c1-14-4-3-5-17(12-14)26-24(32)29-23-27-20-11-10-18(30(33)34)13-19(20)21(28-23)25-16-8-6-15(7-9-16)22(31)35-2/h3-13H,1-2H3,(H3,25,26,27,28,29,32). The van der Waals surface area contributed by atoms with Gasteiger partial charge in [-0.3, -0.25) is 15.4 Å². The van der Waals surface area contributed by atoms with Crippen molar-refractivity contribution in [3.05, 3.63) is 88.0 Å². The van der Waals surface area contributed by atoms with Crippen LogP contribution in [0.25, 0.3) is 10.9 Å². The van der Waals surface area contributed by atoms with Gasteiger partial charge in [-0.2, -0.15) is 4.98 Å². The van der Waals surface area contributed by atoms with Gasteiger partial charge in [0.05, 0.1) is 23.1 Å². The van der Waals surface area contributed by atoms with Crippen LogP contribution < -0.4 is 16.0 Å². The Balaban J connectivity index is 1.66. The van der Waals surface area contributed by atoms with Gasteiger partial charge in [-0.1, -0.05) is 12.1 Å². The Morgan fingerprint density at radius 2 is 1.71 bits per heavy atom. The smallest absolute Gasteiger partial charge is 0.337 e. The van der Waals surface area contributed by atoms with Crippen molar-refractivity contribution in [3.63, 3.8) is 0 Å². The molecule has 0 unspecified atom stereocenters. The molecule has 11 heteroatoms. The Hall–Kier alpha value is -5.06. The van der Waals surface area contributed by atoms with Gasteiger partial charge in [-0.05, 0) is 55.0 Å². The van der Waals surface area contributed by atoms with Crippen molar-refractivity contribution in [1.29, 1.82) is 0 Å². The Kier molecular flexibility index (Phi) is 6.49. The number of rotatable bonds is 6. The minimum atomic E-state index is -0.551. The number of nitro benzene ring substituents is 1. The molecule has 176 valence electrons. The number of hydrogen-bond donors (Lipinski definition) is 3. The summed E-state index contributed by atoms with van der Waals surface area (Å²) in [6.45, 7) is 1.91. The first-order valence-corrected chi connectivity index (χ1v) is 10.4. The van der Waals surface area contributed by atoms with Gasteiger partial charge in [0, 0.05) is 28.9 Å². The number of fused-ring (bicyclic) bond motifs is 1. The van der Waals surface area contributed by atoms with Crippen LogP contribution in [0.1, 0.15) is 15.9 Å². The Morgan fingerprint density at radius 1 is 0.943 bits per heavy atom. The first kappa shape index (κ1) is 23.1. The maximum atomic E-state index is 12.5. The van der Waals surface area contributed by atoms with Crippen LogP contribution in [-0.2, 0) is 4.74 Å². The lowest BCUT2D eigenvalue weighted by Gasteiger charge is -2.12. The lowest BCUT2D eigenvalue weighted by molar-refractivity contribution is -0.384. The van der Waals surface area contributed by atoms with E-state index in [4.69, 9.17) is 4.74 Å². The van der Waals surface area contributed by atoms with Gasteiger partial charge in [-0.25, -0.2) is 14.6 Å². The molecule has 3 aromatic carbocycles. The van der Waals surface area contributed by atoms with E-state index in [9.17, 15) is 19.7 Å². The number of urea groups is 1. The number of carbonyl (C=O) groups excluding carboxylic acids is 2. The van der Waals surface area contributed by atoms with Gasteiger partial charge >= 0.3 is 12.0 Å². The average molecular weight is 472 g/mol. The minimum absolute atomic E-state index is 0.00909. The van der Waals surface area contributed by atoms with Crippen LogP contribution in [0.15, 0.2) is 66.7 Å². The molecule has 2 amide bonds. The van der Waals surface area contributed by atoms with Crippen molar-refractivity contribution in [3.8, 4) is 0 Å². The van der Waals surface area contributed by atoms with Gasteiger partial charge in [-0.15, -0.1) is 0 Å². The molecular weight excluding hydrogens is 452 g/mol. The largest absolute Gasteiger partial charge is 0.465 e. The summed E-state index contributed by atoms with van der Waals surface area (Å²) in [6.07, 6.45) is 0. The van der Waals surface area contributed by atoms with Crippen molar-refractivity contribution < 1.29 is 19.2 Å². The Labute approximate surface area is 199 Å². The Morgan fingerprint density at radius 3 is 2.40 bits per heavy atom. The van der Waals surface area contributed by atoms with E-state index in [0.29, 0.717) is 27.8 Å². The van der Waals surface area contributed by atoms with Gasteiger partial charge in [0.25, 0.3) is 5.69 Å². The third kappa shape index (κ3) is 5.47. The zero-order valence-electron chi connectivity index (χ0n) is 18.7. The van der Waals surface area contributed by atoms with E-state index in [2.05, 4.69) is 25.9 Å². The van der Waals surface area contributed by atoms with Crippen LogP contribution in [0.2, 0.25) is 0 Å². The molecule has 0 saturated carbocycles. The summed E-state index contributed by atoms with van der Waals surface area (Å²) < 4.78 is 4.70. The number of nitrogens with zero attached hydrogens (tertiary/aromatic N) is 3. The molecule has 35 heavy (non-hydrogen) atoms. The fourth-order valence-electron chi connectivity index (χ4n) is 3.31. The summed E-state index contributed by atoms with van der Waals surface area (Å²) in [5.41, 5.74) is 2.74. The van der Waals surface area contributed by atoms with Crippen molar-refractivity contribution in [2.45, 2.75) is 6.92 Å². The molecule has 0 saturated heterocycles. The van der Waals surface area contributed by atoms with Gasteiger partial charge in [0.15, 0.2) is 0 Å². The molecule has 0 spiro atoms. The highest BCUT2D eigenvalue weighted by Gasteiger charge is 2.15. The summed E-state index contributed by atoms with van der Waals surface area (Å²) in [5.74, 6) is -0.258. The molecule has 11 nitrogen and oxygen atoms in total. The normalized spacial score (nSPS) is 10.5.